The van der Waals surface area contributed by atoms with Gasteiger partial charge in [-0.05, 0) is 18.3 Å². The lowest BCUT2D eigenvalue weighted by molar-refractivity contribution is 0.217. The minimum atomic E-state index is 0.257. The van der Waals surface area contributed by atoms with Gasteiger partial charge in [-0.2, -0.15) is 0 Å². The topological polar surface area (TPSA) is 29.9 Å². The summed E-state index contributed by atoms with van der Waals surface area (Å²) >= 11 is 0. The Balaban J connectivity index is 2.67. The van der Waals surface area contributed by atoms with Crippen molar-refractivity contribution in [2.45, 2.75) is 66.1 Å². The van der Waals surface area contributed by atoms with Crippen molar-refractivity contribution in [3.63, 3.8) is 0 Å². The second-order valence-electron chi connectivity index (χ2n) is 5.86. The van der Waals surface area contributed by atoms with E-state index in [-0.39, 0.29) is 5.41 Å². The van der Waals surface area contributed by atoms with Gasteiger partial charge in [0.15, 0.2) is 0 Å². The van der Waals surface area contributed by atoms with Crippen LogP contribution in [0.4, 0.5) is 0 Å². The molecule has 1 unspecified atom stereocenters. The molecule has 0 amide bonds. The number of hydrogen-bond donors (Lipinski definition) is 1. The molecule has 0 aromatic carbocycles. The first kappa shape index (κ1) is 14.2. The van der Waals surface area contributed by atoms with Crippen LogP contribution >= 0.6 is 0 Å². The molecule has 1 rings (SSSR count). The molecule has 1 heterocycles. The van der Waals surface area contributed by atoms with Crippen molar-refractivity contribution < 1.29 is 0 Å². The summed E-state index contributed by atoms with van der Waals surface area (Å²) in [6.07, 6.45) is 8.15. The third-order valence-corrected chi connectivity index (χ3v) is 3.42. The standard InChI is InChI=1S/C14H27N3/c1-6-12(7-2)16-13(14(3,4)5)10-17-9-8-15-11-17/h8-9,11-13,16H,6-7,10H2,1-5H3. The van der Waals surface area contributed by atoms with Gasteiger partial charge in [0, 0.05) is 31.0 Å². The van der Waals surface area contributed by atoms with E-state index in [0.29, 0.717) is 12.1 Å². The molecule has 0 bridgehead atoms. The number of nitrogens with zero attached hydrogens (tertiary/aromatic N) is 2. The van der Waals surface area contributed by atoms with E-state index in [1.807, 2.05) is 18.7 Å². The molecular formula is C14H27N3. The molecule has 0 saturated heterocycles. The molecule has 1 aromatic heterocycles. The molecule has 3 heteroatoms. The zero-order valence-electron chi connectivity index (χ0n) is 11.9. The first-order valence-corrected chi connectivity index (χ1v) is 6.69. The highest BCUT2D eigenvalue weighted by atomic mass is 15.1. The fraction of sp³-hybridized carbons (Fsp3) is 0.786. The maximum atomic E-state index is 4.11. The minimum Gasteiger partial charge on any atom is -0.336 e. The Kier molecular flexibility index (Phi) is 5.19. The quantitative estimate of drug-likeness (QED) is 0.824. The van der Waals surface area contributed by atoms with Crippen molar-refractivity contribution in [1.82, 2.24) is 14.9 Å². The fourth-order valence-corrected chi connectivity index (χ4v) is 1.99. The second kappa shape index (κ2) is 6.20. The van der Waals surface area contributed by atoms with E-state index < -0.39 is 0 Å². The summed E-state index contributed by atoms with van der Waals surface area (Å²) in [4.78, 5) is 4.11. The van der Waals surface area contributed by atoms with Crippen LogP contribution in [0, 0.1) is 5.41 Å². The van der Waals surface area contributed by atoms with Gasteiger partial charge in [-0.15, -0.1) is 0 Å². The highest BCUT2D eigenvalue weighted by molar-refractivity contribution is 4.86. The average molecular weight is 237 g/mol. The third-order valence-electron chi connectivity index (χ3n) is 3.42. The molecule has 0 aliphatic rings. The van der Waals surface area contributed by atoms with E-state index >= 15 is 0 Å². The van der Waals surface area contributed by atoms with Crippen molar-refractivity contribution in [3.8, 4) is 0 Å². The van der Waals surface area contributed by atoms with Crippen LogP contribution in [0.1, 0.15) is 47.5 Å². The monoisotopic (exact) mass is 237 g/mol. The average Bonchev–Trinajstić information content (AvgIpc) is 2.75. The summed E-state index contributed by atoms with van der Waals surface area (Å²) in [5, 5.41) is 3.78. The summed E-state index contributed by atoms with van der Waals surface area (Å²) < 4.78 is 2.16. The molecule has 1 N–H and O–H groups in total. The number of nitrogens with one attached hydrogen (secondary N) is 1. The van der Waals surface area contributed by atoms with Crippen molar-refractivity contribution in [3.05, 3.63) is 18.7 Å². The summed E-state index contributed by atoms with van der Waals surface area (Å²) in [6, 6.07) is 1.09. The van der Waals surface area contributed by atoms with Crippen molar-refractivity contribution in [2.24, 2.45) is 5.41 Å². The summed E-state index contributed by atoms with van der Waals surface area (Å²) in [6.45, 7) is 12.4. The normalized spacial score (nSPS) is 14.2. The Morgan fingerprint density at radius 3 is 2.29 bits per heavy atom. The highest BCUT2D eigenvalue weighted by Gasteiger charge is 2.26. The van der Waals surface area contributed by atoms with Gasteiger partial charge in [-0.1, -0.05) is 34.6 Å². The lowest BCUT2D eigenvalue weighted by Gasteiger charge is -2.35. The number of rotatable bonds is 6. The van der Waals surface area contributed by atoms with Crippen LogP contribution in [0.5, 0.6) is 0 Å². The van der Waals surface area contributed by atoms with E-state index in [1.54, 1.807) is 0 Å². The Bertz CT molecular complexity index is 294. The zero-order chi connectivity index (χ0) is 12.9. The predicted octanol–water partition coefficient (Wildman–Crippen LogP) is 3.08. The number of aromatic nitrogens is 2. The summed E-state index contributed by atoms with van der Waals surface area (Å²) in [5.41, 5.74) is 0.257. The smallest absolute Gasteiger partial charge is 0.0946 e. The molecule has 0 fully saturated rings. The van der Waals surface area contributed by atoms with Gasteiger partial charge in [0.1, 0.15) is 0 Å². The fourth-order valence-electron chi connectivity index (χ4n) is 1.99. The van der Waals surface area contributed by atoms with Crippen LogP contribution in [0.2, 0.25) is 0 Å². The van der Waals surface area contributed by atoms with E-state index in [9.17, 15) is 0 Å². The molecule has 0 radical (unpaired) electrons. The molecule has 98 valence electrons. The Morgan fingerprint density at radius 1 is 1.24 bits per heavy atom. The van der Waals surface area contributed by atoms with Crippen molar-refractivity contribution in [2.75, 3.05) is 0 Å². The molecule has 0 aliphatic heterocycles. The van der Waals surface area contributed by atoms with Gasteiger partial charge in [-0.25, -0.2) is 4.98 Å². The van der Waals surface area contributed by atoms with Crippen LogP contribution in [-0.2, 0) is 6.54 Å². The van der Waals surface area contributed by atoms with Gasteiger partial charge in [-0.3, -0.25) is 0 Å². The largest absolute Gasteiger partial charge is 0.336 e. The molecule has 0 spiro atoms. The van der Waals surface area contributed by atoms with Crippen LogP contribution < -0.4 is 5.32 Å². The van der Waals surface area contributed by atoms with E-state index in [0.717, 1.165) is 6.54 Å². The van der Waals surface area contributed by atoms with E-state index in [1.165, 1.54) is 12.8 Å². The highest BCUT2D eigenvalue weighted by Crippen LogP contribution is 2.22. The van der Waals surface area contributed by atoms with Crippen molar-refractivity contribution >= 4 is 0 Å². The van der Waals surface area contributed by atoms with Gasteiger partial charge in [0.25, 0.3) is 0 Å². The maximum absolute atomic E-state index is 4.11. The Hall–Kier alpha value is -0.830. The Labute approximate surface area is 106 Å². The van der Waals surface area contributed by atoms with Gasteiger partial charge in [0.2, 0.25) is 0 Å². The molecule has 17 heavy (non-hydrogen) atoms. The predicted molar refractivity (Wildman–Crippen MR) is 73.0 cm³/mol. The van der Waals surface area contributed by atoms with Gasteiger partial charge < -0.3 is 9.88 Å². The minimum absolute atomic E-state index is 0.257. The third kappa shape index (κ3) is 4.50. The first-order valence-electron chi connectivity index (χ1n) is 6.69. The summed E-state index contributed by atoms with van der Waals surface area (Å²) in [5.74, 6) is 0. The molecule has 3 nitrogen and oxygen atoms in total. The number of hydrogen-bond acceptors (Lipinski definition) is 2. The zero-order valence-corrected chi connectivity index (χ0v) is 11.9. The van der Waals surface area contributed by atoms with E-state index in [4.69, 9.17) is 0 Å². The van der Waals surface area contributed by atoms with Crippen molar-refractivity contribution in [1.29, 1.82) is 0 Å². The SMILES string of the molecule is CCC(CC)NC(Cn1ccnc1)C(C)(C)C. The first-order chi connectivity index (χ1) is 7.97. The van der Waals surface area contributed by atoms with E-state index in [2.05, 4.69) is 49.5 Å². The lowest BCUT2D eigenvalue weighted by atomic mass is 9.85. The van der Waals surface area contributed by atoms with Crippen LogP contribution in [-0.4, -0.2) is 21.6 Å². The van der Waals surface area contributed by atoms with Crippen LogP contribution in [0.3, 0.4) is 0 Å². The second-order valence-corrected chi connectivity index (χ2v) is 5.86. The van der Waals surface area contributed by atoms with Crippen LogP contribution in [0.25, 0.3) is 0 Å². The lowest BCUT2D eigenvalue weighted by Crippen LogP contribution is -2.47. The maximum Gasteiger partial charge on any atom is 0.0946 e. The molecule has 1 aromatic rings. The Morgan fingerprint density at radius 2 is 1.88 bits per heavy atom. The van der Waals surface area contributed by atoms with Gasteiger partial charge >= 0.3 is 0 Å². The molecule has 0 aliphatic carbocycles. The number of imidazole rings is 1. The van der Waals surface area contributed by atoms with Crippen LogP contribution in [0.15, 0.2) is 18.7 Å². The molecule has 1 atom stereocenters. The molecule has 0 saturated carbocycles. The van der Waals surface area contributed by atoms with Gasteiger partial charge in [0.05, 0.1) is 6.33 Å². The molecular weight excluding hydrogens is 210 g/mol. The summed E-state index contributed by atoms with van der Waals surface area (Å²) in [7, 11) is 0.